The van der Waals surface area contributed by atoms with Crippen molar-refractivity contribution in [3.8, 4) is 11.5 Å². The molecule has 3 aromatic rings. The molecule has 0 amide bonds. The molecule has 0 saturated heterocycles. The predicted molar refractivity (Wildman–Crippen MR) is 146 cm³/mol. The average Bonchev–Trinajstić information content (AvgIpc) is 3.31. The van der Waals surface area contributed by atoms with Gasteiger partial charge in [0.2, 0.25) is 5.89 Å². The largest absolute Gasteiger partial charge is 0.469 e. The lowest BCUT2D eigenvalue weighted by Gasteiger charge is -2.28. The van der Waals surface area contributed by atoms with Crippen LogP contribution in [0.3, 0.4) is 0 Å². The van der Waals surface area contributed by atoms with Crippen LogP contribution < -0.4 is 0 Å². The number of Topliss-reactive ketones (excluding diaryl/α,β-unsaturated/α-hetero) is 2. The van der Waals surface area contributed by atoms with Crippen LogP contribution in [0.15, 0.2) is 52.9 Å². The van der Waals surface area contributed by atoms with E-state index >= 15 is 0 Å². The maximum Gasteiger partial charge on any atom is 0.305 e. The van der Waals surface area contributed by atoms with Crippen molar-refractivity contribution in [2.45, 2.75) is 70.6 Å². The molecule has 38 heavy (non-hydrogen) atoms. The highest BCUT2D eigenvalue weighted by atomic mass is 35.5. The van der Waals surface area contributed by atoms with Gasteiger partial charge in [-0.25, -0.2) is 4.98 Å². The minimum atomic E-state index is -0.136. The molecule has 1 heterocycles. The van der Waals surface area contributed by atoms with Crippen LogP contribution in [0.5, 0.6) is 0 Å². The summed E-state index contributed by atoms with van der Waals surface area (Å²) in [6.45, 7) is 1.71. The normalized spacial score (nSPS) is 17.2. The zero-order valence-electron chi connectivity index (χ0n) is 22.0. The Kier molecular flexibility index (Phi) is 9.51. The monoisotopic (exact) mass is 535 g/mol. The van der Waals surface area contributed by atoms with Crippen molar-refractivity contribution in [2.75, 3.05) is 7.11 Å². The second kappa shape index (κ2) is 13.0. The number of rotatable bonds is 11. The number of ether oxygens (including phenoxy) is 1. The molecule has 6 nitrogen and oxygen atoms in total. The molecule has 0 N–H and O–H groups in total. The van der Waals surface area contributed by atoms with Gasteiger partial charge in [-0.15, -0.1) is 0 Å². The number of nitrogens with zero attached hydrogens (tertiary/aromatic N) is 1. The van der Waals surface area contributed by atoms with E-state index in [0.717, 1.165) is 31.2 Å². The Morgan fingerprint density at radius 2 is 1.71 bits per heavy atom. The lowest BCUT2D eigenvalue weighted by Crippen LogP contribution is -2.17. The molecule has 0 atom stereocenters. The van der Waals surface area contributed by atoms with Crippen molar-refractivity contribution >= 4 is 29.1 Å². The quantitative estimate of drug-likeness (QED) is 0.189. The molecule has 2 aromatic carbocycles. The molecule has 0 bridgehead atoms. The van der Waals surface area contributed by atoms with Gasteiger partial charge in [-0.1, -0.05) is 48.0 Å². The molecule has 1 saturated carbocycles. The van der Waals surface area contributed by atoms with E-state index in [-0.39, 0.29) is 24.0 Å². The summed E-state index contributed by atoms with van der Waals surface area (Å²) in [5.41, 5.74) is 3.22. The standard InChI is InChI=1S/C31H34ClNO5/c1-20-30(33-31(38-20)26-7-3-4-8-27(26)32)28(35)9-5-6-25(34)18-21-10-14-23(15-11-21)24-16-12-22(13-17-24)19-29(36)37-2/h3-4,7-8,10-11,14-15,22,24H,5-6,9,12-13,16-19H2,1-2H3. The van der Waals surface area contributed by atoms with Crippen molar-refractivity contribution in [2.24, 2.45) is 5.92 Å². The Morgan fingerprint density at radius 3 is 2.39 bits per heavy atom. The Hall–Kier alpha value is -3.25. The molecule has 4 rings (SSSR count). The smallest absolute Gasteiger partial charge is 0.305 e. The highest BCUT2D eigenvalue weighted by Gasteiger charge is 2.24. The van der Waals surface area contributed by atoms with Gasteiger partial charge in [-0.3, -0.25) is 14.4 Å². The van der Waals surface area contributed by atoms with Gasteiger partial charge in [0.05, 0.1) is 17.7 Å². The Morgan fingerprint density at radius 1 is 1.00 bits per heavy atom. The first-order valence-electron chi connectivity index (χ1n) is 13.3. The van der Waals surface area contributed by atoms with Crippen LogP contribution in [-0.2, 0) is 20.7 Å². The SMILES string of the molecule is COC(=O)CC1CCC(c2ccc(CC(=O)CCCC(=O)c3nc(-c4ccccc4Cl)oc3C)cc2)CC1. The van der Waals surface area contributed by atoms with Gasteiger partial charge in [0.25, 0.3) is 0 Å². The van der Waals surface area contributed by atoms with Crippen LogP contribution in [-0.4, -0.2) is 29.6 Å². The topological polar surface area (TPSA) is 86.5 Å². The van der Waals surface area contributed by atoms with E-state index in [1.807, 2.05) is 24.3 Å². The molecule has 0 spiro atoms. The second-order valence-electron chi connectivity index (χ2n) is 10.1. The van der Waals surface area contributed by atoms with E-state index in [1.165, 1.54) is 12.7 Å². The number of methoxy groups -OCH3 is 1. The van der Waals surface area contributed by atoms with Crippen molar-refractivity contribution in [1.82, 2.24) is 4.98 Å². The van der Waals surface area contributed by atoms with E-state index in [2.05, 4.69) is 17.1 Å². The number of hydrogen-bond acceptors (Lipinski definition) is 6. The summed E-state index contributed by atoms with van der Waals surface area (Å²) in [4.78, 5) is 41.2. The highest BCUT2D eigenvalue weighted by Crippen LogP contribution is 2.37. The van der Waals surface area contributed by atoms with Crippen LogP contribution in [0.2, 0.25) is 5.02 Å². The number of aryl methyl sites for hydroxylation is 1. The average molecular weight is 536 g/mol. The summed E-state index contributed by atoms with van der Waals surface area (Å²) in [5.74, 6) is 1.55. The fourth-order valence-corrected chi connectivity index (χ4v) is 5.43. The summed E-state index contributed by atoms with van der Waals surface area (Å²) < 4.78 is 10.5. The first-order valence-corrected chi connectivity index (χ1v) is 13.6. The van der Waals surface area contributed by atoms with Crippen LogP contribution in [0.4, 0.5) is 0 Å². The van der Waals surface area contributed by atoms with Gasteiger partial charge in [0.15, 0.2) is 5.78 Å². The van der Waals surface area contributed by atoms with Crippen molar-refractivity contribution in [1.29, 1.82) is 0 Å². The van der Waals surface area contributed by atoms with Gasteiger partial charge >= 0.3 is 5.97 Å². The molecule has 1 aromatic heterocycles. The highest BCUT2D eigenvalue weighted by molar-refractivity contribution is 6.33. The van der Waals surface area contributed by atoms with E-state index in [1.54, 1.807) is 19.1 Å². The third kappa shape index (κ3) is 7.19. The Balaban J connectivity index is 1.22. The lowest BCUT2D eigenvalue weighted by atomic mass is 9.77. The molecule has 1 fully saturated rings. The molecule has 0 unspecified atom stereocenters. The van der Waals surface area contributed by atoms with E-state index < -0.39 is 0 Å². The second-order valence-corrected chi connectivity index (χ2v) is 10.5. The summed E-state index contributed by atoms with van der Waals surface area (Å²) in [6.07, 6.45) is 6.13. The number of carbonyl (C=O) groups excluding carboxylic acids is 3. The molecule has 1 aliphatic carbocycles. The Bertz CT molecular complexity index is 1270. The third-order valence-electron chi connectivity index (χ3n) is 7.41. The molecular formula is C31H34ClNO5. The van der Waals surface area contributed by atoms with Crippen LogP contribution in [0, 0.1) is 12.8 Å². The third-order valence-corrected chi connectivity index (χ3v) is 7.74. The molecule has 0 aliphatic heterocycles. The number of oxazole rings is 1. The summed E-state index contributed by atoms with van der Waals surface area (Å²) in [6, 6.07) is 15.5. The summed E-state index contributed by atoms with van der Waals surface area (Å²) >= 11 is 6.22. The number of carbonyl (C=O) groups is 3. The van der Waals surface area contributed by atoms with Crippen LogP contribution in [0.1, 0.15) is 84.7 Å². The summed E-state index contributed by atoms with van der Waals surface area (Å²) in [5, 5.41) is 0.509. The molecular weight excluding hydrogens is 502 g/mol. The number of benzene rings is 2. The number of aromatic nitrogens is 1. The van der Waals surface area contributed by atoms with Gasteiger partial charge in [-0.05, 0) is 74.1 Å². The maximum absolute atomic E-state index is 12.7. The number of ketones is 2. The van der Waals surface area contributed by atoms with E-state index in [9.17, 15) is 14.4 Å². The van der Waals surface area contributed by atoms with Gasteiger partial charge in [-0.2, -0.15) is 0 Å². The molecule has 1 aliphatic rings. The van der Waals surface area contributed by atoms with Crippen LogP contribution >= 0.6 is 11.6 Å². The van der Waals surface area contributed by atoms with Crippen molar-refractivity contribution in [3.63, 3.8) is 0 Å². The minimum Gasteiger partial charge on any atom is -0.469 e. The van der Waals surface area contributed by atoms with Gasteiger partial charge in [0.1, 0.15) is 17.2 Å². The number of halogens is 1. The zero-order chi connectivity index (χ0) is 27.1. The zero-order valence-corrected chi connectivity index (χ0v) is 22.8. The van der Waals surface area contributed by atoms with Crippen molar-refractivity contribution < 1.29 is 23.5 Å². The maximum atomic E-state index is 12.7. The van der Waals surface area contributed by atoms with E-state index in [0.29, 0.717) is 65.5 Å². The van der Waals surface area contributed by atoms with Gasteiger partial charge < -0.3 is 9.15 Å². The van der Waals surface area contributed by atoms with Crippen molar-refractivity contribution in [3.05, 3.63) is 76.1 Å². The lowest BCUT2D eigenvalue weighted by molar-refractivity contribution is -0.142. The summed E-state index contributed by atoms with van der Waals surface area (Å²) in [7, 11) is 1.44. The first-order chi connectivity index (χ1) is 18.3. The number of esters is 1. The van der Waals surface area contributed by atoms with Gasteiger partial charge in [0, 0.05) is 25.7 Å². The molecule has 0 radical (unpaired) electrons. The minimum absolute atomic E-state index is 0.113. The fourth-order valence-electron chi connectivity index (χ4n) is 5.21. The fraction of sp³-hybridized carbons (Fsp3) is 0.419. The van der Waals surface area contributed by atoms with E-state index in [4.69, 9.17) is 20.8 Å². The first kappa shape index (κ1) is 27.8. The number of hydrogen-bond donors (Lipinski definition) is 0. The predicted octanol–water partition coefficient (Wildman–Crippen LogP) is 7.31. The Labute approximate surface area is 228 Å². The molecule has 200 valence electrons. The molecule has 7 heteroatoms. The van der Waals surface area contributed by atoms with Crippen LogP contribution in [0.25, 0.3) is 11.5 Å².